The van der Waals surface area contributed by atoms with E-state index in [0.29, 0.717) is 24.3 Å². The van der Waals surface area contributed by atoms with Gasteiger partial charge in [-0.3, -0.25) is 32.6 Å². The van der Waals surface area contributed by atoms with E-state index in [4.69, 9.17) is 22.9 Å². The van der Waals surface area contributed by atoms with E-state index < -0.39 is 225 Å². The van der Waals surface area contributed by atoms with E-state index in [1.165, 1.54) is 13.0 Å². The van der Waals surface area contributed by atoms with Crippen molar-refractivity contribution in [1.29, 1.82) is 0 Å². The van der Waals surface area contributed by atoms with Gasteiger partial charge in [0.2, 0.25) is 17.1 Å². The molecule has 43 nitrogen and oxygen atoms in total. The Morgan fingerprint density at radius 3 is 0.882 bits per heavy atom. The van der Waals surface area contributed by atoms with Crippen LogP contribution in [0.2, 0.25) is 0 Å². The number of nitrogen functional groups attached to an aromatic ring is 4. The smallest absolute Gasteiger partial charge is 0.296 e. The van der Waals surface area contributed by atoms with Crippen molar-refractivity contribution in [2.75, 3.05) is 33.6 Å². The Labute approximate surface area is 584 Å². The number of aromatic hydroxyl groups is 2. The number of halogens is 1. The maximum absolute atomic E-state index is 12.5. The third kappa shape index (κ3) is 20.2. The van der Waals surface area contributed by atoms with Crippen LogP contribution < -0.4 is 33.6 Å². The molecule has 0 spiro atoms. The number of carbonyl (C=O) groups is 3. The molecule has 2 amide bonds. The number of anilines is 6. The van der Waals surface area contributed by atoms with Gasteiger partial charge in [-0.2, -0.15) is 33.7 Å². The fourth-order valence-corrected chi connectivity index (χ4v) is 13.7. The van der Waals surface area contributed by atoms with Gasteiger partial charge in [0.05, 0.1) is 41.7 Å². The van der Waals surface area contributed by atoms with Gasteiger partial charge in [0.15, 0.2) is 11.5 Å². The molecule has 0 aliphatic carbocycles. The SMILES string of the molecule is CC(=O)Cl.CC(=O)Nc1ccc(S(O)(O)O)c(N=Nc2c(S(=O)(=O)O)cc3cc(S(O)(O)O)c(N=Nc4cc(NC(C)=O)ccc4S(=O)(=O)O)c(O)c3c2N)c1.Nc1ccc(S(O)(O)O)c(N=Nc2c(S(=O)(=O)O)cc3cc(S(O)(O)O)c(N=Nc4cc(N)ccc4S(=O)(=O)O)c(O)c3c2N)c1. The summed E-state index contributed by atoms with van der Waals surface area (Å²) < 4.78 is 256. The van der Waals surface area contributed by atoms with Crippen molar-refractivity contribution < 1.29 is 131 Å². The van der Waals surface area contributed by atoms with Crippen molar-refractivity contribution in [3.05, 3.63) is 97.1 Å². The van der Waals surface area contributed by atoms with Gasteiger partial charge in [0.1, 0.15) is 109 Å². The monoisotopic (exact) mass is 1600 g/mol. The van der Waals surface area contributed by atoms with E-state index >= 15 is 0 Å². The number of hydrogen-bond acceptors (Lipinski definition) is 37. The van der Waals surface area contributed by atoms with Gasteiger partial charge in [-0.05, 0) is 119 Å². The van der Waals surface area contributed by atoms with Gasteiger partial charge in [-0.1, -0.05) is 0 Å². The average molecular weight is 1610 g/mol. The molecule has 102 heavy (non-hydrogen) atoms. The highest BCUT2D eigenvalue weighted by Gasteiger charge is 2.33. The van der Waals surface area contributed by atoms with Crippen LogP contribution >= 0.6 is 55.1 Å². The second-order valence-electron chi connectivity index (χ2n) is 20.0. The Morgan fingerprint density at radius 1 is 0.343 bits per heavy atom. The number of azo groups is 4. The number of fused-ring (bicyclic) bond motifs is 2. The molecule has 0 aliphatic heterocycles. The molecule has 0 saturated heterocycles. The molecule has 0 radical (unpaired) electrons. The maximum atomic E-state index is 12.5. The Morgan fingerprint density at radius 2 is 0.588 bits per heavy atom. The van der Waals surface area contributed by atoms with E-state index in [1.54, 1.807) is 0 Å². The largest absolute Gasteiger partial charge is 0.505 e. The van der Waals surface area contributed by atoms with Crippen molar-refractivity contribution in [1.82, 2.24) is 0 Å². The summed E-state index contributed by atoms with van der Waals surface area (Å²) in [4.78, 5) is 25.1. The number of amides is 2. The molecule has 0 bridgehead atoms. The number of rotatable bonds is 18. The Kier molecular flexibility index (Phi) is 24.5. The van der Waals surface area contributed by atoms with Gasteiger partial charge >= 0.3 is 0 Å². The molecule has 552 valence electrons. The van der Waals surface area contributed by atoms with E-state index in [0.717, 1.165) is 80.6 Å². The summed E-state index contributed by atoms with van der Waals surface area (Å²) in [6, 6.07) is 14.6. The summed E-state index contributed by atoms with van der Waals surface area (Å²) >= 11 is 4.64. The zero-order valence-corrected chi connectivity index (χ0v) is 58.1. The summed E-state index contributed by atoms with van der Waals surface area (Å²) in [7, 11) is -39.1. The first-order chi connectivity index (χ1) is 46.5. The lowest BCUT2D eigenvalue weighted by Gasteiger charge is -2.23. The number of nitrogens with one attached hydrogen (secondary N) is 2. The Hall–Kier alpha value is -9.06. The van der Waals surface area contributed by atoms with Crippen LogP contribution in [0.5, 0.6) is 11.5 Å². The second-order valence-corrected chi connectivity index (χ2v) is 32.0. The average Bonchev–Trinajstić information content (AvgIpc) is 0.744. The summed E-state index contributed by atoms with van der Waals surface area (Å²) in [6.45, 7) is 3.56. The molecule has 0 heterocycles. The Balaban J connectivity index is 0.000000307. The van der Waals surface area contributed by atoms with Crippen molar-refractivity contribution >= 4 is 214 Å². The third-order valence-electron chi connectivity index (χ3n) is 12.5. The van der Waals surface area contributed by atoms with Crippen molar-refractivity contribution in [2.24, 2.45) is 40.9 Å². The molecule has 8 aromatic rings. The van der Waals surface area contributed by atoms with Crippen LogP contribution in [0.4, 0.5) is 79.6 Å². The van der Waals surface area contributed by atoms with E-state index in [-0.39, 0.29) is 28.0 Å². The van der Waals surface area contributed by atoms with Gasteiger partial charge in [0.25, 0.3) is 40.5 Å². The predicted molar refractivity (Wildman–Crippen MR) is 371 cm³/mol. The maximum Gasteiger partial charge on any atom is 0.296 e. The third-order valence-corrected chi connectivity index (χ3v) is 19.7. The lowest BCUT2D eigenvalue weighted by atomic mass is 10.1. The standard InChI is InChI=1S/C26H27N7O15S4.C22H23N7O13S4.C2H3ClO/c1-11(34)28-14-3-5-18(49(37,38)39)16(9-14)30-32-24-20(51(43,44)45)7-13-8-21(52(46,47)48)25(26(36)22(13)23(24)27)33-31-17-10-15(29-12(2)35)4-6-19(17)50(40,41)42;23-10-1-3-14(43(31,32)33)12(7-10)26-28-20-16(45(37,38)39)5-9-6-17(46(40,41)42)21(22(30)18(9)19(20)25)29-27-13-8-11(24)2-4-15(13)44(34,35)36;1-2(3)4/h3-10,36-39,46-48H,27H2,1-2H3,(H,28,34)(H,29,35)(H,40,41,42)(H,43,44,45);1-8,30-33,40-42H,23-25H2,(H,34,35,36)(H,37,38,39);1H3. The quantitative estimate of drug-likeness (QED) is 0.0164. The van der Waals surface area contributed by atoms with Crippen LogP contribution in [0.3, 0.4) is 0 Å². The zero-order chi connectivity index (χ0) is 77.3. The lowest BCUT2D eigenvalue weighted by molar-refractivity contribution is -0.115. The minimum Gasteiger partial charge on any atom is -0.505 e. The highest BCUT2D eigenvalue weighted by molar-refractivity contribution is 8.20. The van der Waals surface area contributed by atoms with Crippen LogP contribution in [0.1, 0.15) is 20.8 Å². The first kappa shape index (κ1) is 81.9. The first-order valence-corrected chi connectivity index (χ1v) is 38.3. The molecule has 0 fully saturated rings. The van der Waals surface area contributed by atoms with E-state index in [9.17, 15) is 131 Å². The molecule has 0 saturated carbocycles. The number of nitrogens with two attached hydrogens (primary N) is 4. The van der Waals surface area contributed by atoms with Crippen molar-refractivity contribution in [3.8, 4) is 11.5 Å². The van der Waals surface area contributed by atoms with Crippen molar-refractivity contribution in [2.45, 2.75) is 59.9 Å². The molecule has 28 N–H and O–H groups in total. The fraction of sp³-hybridized carbons (Fsp3) is 0.0600. The summed E-state index contributed by atoms with van der Waals surface area (Å²) in [5.74, 6) is -3.46. The number of hydrogen-bond donors (Lipinski definition) is 24. The Bertz CT molecular complexity index is 5380. The van der Waals surface area contributed by atoms with Crippen LogP contribution in [0.15, 0.2) is 177 Å². The molecular weight excluding hydrogens is 1550 g/mol. The molecule has 8 aromatic carbocycles. The second kappa shape index (κ2) is 30.5. The molecule has 0 aliphatic rings. The molecule has 0 aromatic heterocycles. The van der Waals surface area contributed by atoms with Gasteiger partial charge in [-0.25, -0.2) is 0 Å². The van der Waals surface area contributed by atoms with Crippen LogP contribution in [0, 0.1) is 0 Å². The van der Waals surface area contributed by atoms with E-state index in [2.05, 4.69) is 63.1 Å². The molecular formula is C50H53ClN14O29S8. The normalized spacial score (nSPS) is 13.5. The molecule has 8 rings (SSSR count). The minimum atomic E-state index is -5.31. The summed E-state index contributed by atoms with van der Waals surface area (Å²) in [5, 5.41) is 53.9. The van der Waals surface area contributed by atoms with Crippen LogP contribution in [0.25, 0.3) is 21.5 Å². The predicted octanol–water partition coefficient (Wildman–Crippen LogP) is 13.1. The zero-order valence-electron chi connectivity index (χ0n) is 50.8. The number of benzene rings is 8. The molecule has 0 atom stereocenters. The summed E-state index contributed by atoms with van der Waals surface area (Å²) in [5.41, 5.74) is 15.9. The first-order valence-electron chi connectivity index (χ1n) is 26.1. The molecule has 0 unspecified atom stereocenters. The van der Waals surface area contributed by atoms with Crippen molar-refractivity contribution in [3.63, 3.8) is 0 Å². The number of phenols is 2. The van der Waals surface area contributed by atoms with Gasteiger partial charge in [0, 0.05) is 43.5 Å². The summed E-state index contributed by atoms with van der Waals surface area (Å²) in [6.07, 6.45) is 0. The highest BCUT2D eigenvalue weighted by Crippen LogP contribution is 2.59. The minimum absolute atomic E-state index is 0.00160. The number of carbonyl (C=O) groups excluding carboxylic acids is 3. The van der Waals surface area contributed by atoms with Gasteiger partial charge < -0.3 is 98.4 Å². The fourth-order valence-electron chi connectivity index (χ4n) is 8.53. The number of phenolic OH excluding ortho intramolecular Hbond substituents is 2. The van der Waals surface area contributed by atoms with E-state index in [1.807, 2.05) is 0 Å². The molecule has 52 heteroatoms. The van der Waals surface area contributed by atoms with Crippen LogP contribution in [-0.4, -0.2) is 134 Å². The van der Waals surface area contributed by atoms with Crippen LogP contribution in [-0.2, 0) is 54.9 Å². The highest BCUT2D eigenvalue weighted by atomic mass is 35.5. The number of nitrogens with zero attached hydrogens (tertiary/aromatic N) is 8. The lowest BCUT2D eigenvalue weighted by Crippen LogP contribution is -2.06. The van der Waals surface area contributed by atoms with Gasteiger partial charge in [-0.15, -0.1) is 40.9 Å². The topological polar surface area (TPSA) is 779 Å².